The van der Waals surface area contributed by atoms with Gasteiger partial charge in [-0.05, 0) is 132 Å². The second kappa shape index (κ2) is 13.0. The third-order valence-corrected chi connectivity index (χ3v) is 23.6. The highest BCUT2D eigenvalue weighted by Gasteiger charge is 2.80. The minimum absolute atomic E-state index is 0.00122. The van der Waals surface area contributed by atoms with Gasteiger partial charge in [0.05, 0.1) is 69.9 Å². The molecule has 0 radical (unpaired) electrons. The van der Waals surface area contributed by atoms with Crippen molar-refractivity contribution in [3.05, 3.63) is 34.4 Å². The Bertz CT molecular complexity index is 2340. The third-order valence-electron chi connectivity index (χ3n) is 23.6. The lowest BCUT2D eigenvalue weighted by atomic mass is 9.42. The second-order valence-electron chi connectivity index (χ2n) is 26.8. The molecule has 1 aromatic rings. The van der Waals surface area contributed by atoms with Crippen LogP contribution in [0, 0.1) is 74.9 Å². The lowest BCUT2D eigenvalue weighted by Crippen LogP contribution is -2.66. The molecule has 22 atom stereocenters. The first-order chi connectivity index (χ1) is 30.8. The molecule has 0 amide bonds. The Morgan fingerprint density at radius 1 is 0.712 bits per heavy atom. The Kier molecular flexibility index (Phi) is 8.66. The normalized spacial score (nSPS) is 59.2. The van der Waals surface area contributed by atoms with Gasteiger partial charge in [-0.25, -0.2) is 0 Å². The fraction of sp³-hybridized carbons (Fsp3) is 0.870. The van der Waals surface area contributed by atoms with E-state index in [1.54, 1.807) is 6.92 Å². The molecule has 0 aromatic carbocycles. The minimum Gasteiger partial charge on any atom is -0.392 e. The van der Waals surface area contributed by atoms with Gasteiger partial charge in [0, 0.05) is 54.8 Å². The predicted octanol–water partition coefficient (Wildman–Crippen LogP) is 5.73. The minimum atomic E-state index is -1.44. The number of aromatic nitrogens is 2. The van der Waals surface area contributed by atoms with E-state index in [-0.39, 0.29) is 76.4 Å². The molecule has 8 aliphatic carbocycles. The van der Waals surface area contributed by atoms with E-state index in [0.717, 1.165) is 73.3 Å². The number of hydrogen-bond donors (Lipinski definition) is 5. The molecule has 362 valence electrons. The molecule has 12 nitrogen and oxygen atoms in total. The SMILES string of the molecule is C[C@@H]1[C@@]2(CC[C@](C)(O)CO2)O[C@H]2C=C3[C@@H]4[C@@H](O)C[C@H]5Cc6nc7c(nc6C[C@]5(C)[C@H]4C[C@@H](O)[C@]3(C)[C@]21O)C[C@@H]1CC[C@@H]2[C@H](CC(=O)[C@]3(C)[C@@H]4[C@H](C[C@]23O)OC2(CCC(C)(C)O2)[C@H]4C)[C@@]1(C)C7. The van der Waals surface area contributed by atoms with Gasteiger partial charge in [-0.3, -0.25) is 14.8 Å². The zero-order valence-electron chi connectivity index (χ0n) is 40.9. The number of rotatable bonds is 0. The fourth-order valence-electron chi connectivity index (χ4n) is 19.6. The third kappa shape index (κ3) is 5.02. The van der Waals surface area contributed by atoms with E-state index in [2.05, 4.69) is 41.5 Å². The predicted molar refractivity (Wildman–Crippen MR) is 240 cm³/mol. The molecule has 4 aliphatic heterocycles. The number of carbonyl (C=O) groups is 1. The summed E-state index contributed by atoms with van der Waals surface area (Å²) in [6.07, 6.45) is 9.13. The molecule has 4 saturated heterocycles. The first kappa shape index (κ1) is 44.1. The molecule has 12 heteroatoms. The molecule has 5 heterocycles. The lowest BCUT2D eigenvalue weighted by molar-refractivity contribution is -0.289. The number of ether oxygens (including phenoxy) is 4. The van der Waals surface area contributed by atoms with Gasteiger partial charge in [0.2, 0.25) is 0 Å². The van der Waals surface area contributed by atoms with Crippen LogP contribution < -0.4 is 0 Å². The van der Waals surface area contributed by atoms with Crippen molar-refractivity contribution in [3.63, 3.8) is 0 Å². The van der Waals surface area contributed by atoms with Crippen LogP contribution >= 0.6 is 0 Å². The number of nitrogens with zero attached hydrogens (tertiary/aromatic N) is 2. The van der Waals surface area contributed by atoms with Gasteiger partial charge in [-0.1, -0.05) is 46.3 Å². The van der Waals surface area contributed by atoms with Crippen molar-refractivity contribution >= 4 is 5.78 Å². The number of carbonyl (C=O) groups excluding carboxylic acids is 1. The Hall–Kier alpha value is -1.87. The first-order valence-corrected chi connectivity index (χ1v) is 26.2. The lowest BCUT2D eigenvalue weighted by Gasteiger charge is -2.63. The number of aliphatic hydroxyl groups excluding tert-OH is 2. The molecule has 0 bridgehead atoms. The summed E-state index contributed by atoms with van der Waals surface area (Å²) in [6, 6.07) is 0. The van der Waals surface area contributed by atoms with Crippen LogP contribution in [0.25, 0.3) is 0 Å². The van der Waals surface area contributed by atoms with Crippen LogP contribution in [0.2, 0.25) is 0 Å². The summed E-state index contributed by atoms with van der Waals surface area (Å²) in [4.78, 5) is 26.0. The quantitative estimate of drug-likeness (QED) is 0.200. The maximum absolute atomic E-state index is 14.9. The topological polar surface area (TPSA) is 181 Å². The van der Waals surface area contributed by atoms with Crippen molar-refractivity contribution in [2.75, 3.05) is 6.61 Å². The molecule has 5 saturated carbocycles. The largest absolute Gasteiger partial charge is 0.392 e. The molecule has 13 rings (SSSR count). The average Bonchev–Trinajstić information content (AvgIpc) is 3.92. The molecule has 5 N–H and O–H groups in total. The fourth-order valence-corrected chi connectivity index (χ4v) is 19.6. The van der Waals surface area contributed by atoms with Crippen LogP contribution in [-0.4, -0.2) is 106 Å². The second-order valence-corrected chi connectivity index (χ2v) is 26.8. The zero-order chi connectivity index (χ0) is 46.5. The van der Waals surface area contributed by atoms with Crippen LogP contribution in [0.3, 0.4) is 0 Å². The number of fused-ring (bicyclic) bond motifs is 16. The van der Waals surface area contributed by atoms with Crippen molar-refractivity contribution < 1.29 is 49.3 Å². The van der Waals surface area contributed by atoms with Crippen molar-refractivity contribution in [3.8, 4) is 0 Å². The molecular formula is C54H76N2O10. The van der Waals surface area contributed by atoms with E-state index in [4.69, 9.17) is 28.9 Å². The van der Waals surface area contributed by atoms with E-state index in [1.807, 2.05) is 19.9 Å². The van der Waals surface area contributed by atoms with Crippen LogP contribution in [-0.2, 0) is 49.4 Å². The molecule has 12 aliphatic rings. The molecular weight excluding hydrogens is 837 g/mol. The first-order valence-electron chi connectivity index (χ1n) is 26.2. The van der Waals surface area contributed by atoms with Gasteiger partial charge in [0.1, 0.15) is 17.5 Å². The summed E-state index contributed by atoms with van der Waals surface area (Å²) in [7, 11) is 0. The summed E-state index contributed by atoms with van der Waals surface area (Å²) >= 11 is 0. The Balaban J connectivity index is 0.775. The van der Waals surface area contributed by atoms with Crippen LogP contribution in [0.5, 0.6) is 0 Å². The highest BCUT2D eigenvalue weighted by molar-refractivity contribution is 5.88. The standard InChI is InChI=1S/C54H76N2O10/c1-26-44-39(64-52(26)14-12-45(3,4)66-52)24-51(61)30-11-10-28-16-34-36(22-47(28,6)31(30)19-41(59)50(44,51)9)56-35-17-29-18-38(57)43-32(48(29,7)23-37(35)55-34)20-40(58)49(8)33(43)21-42-54(49,62)27(2)53(65-42)15-13-46(5,60)25-63-53/h21,26-32,38-40,42-44,57-58,60-62H,10-20,22-25H2,1-9H3/t26-,27+,28-,29+,30+,31-,32-,38-,39-,40+,42-,43+,44-,46-,47-,48-,49+,50+,51-,52?,53+,54+/m0/s1. The van der Waals surface area contributed by atoms with Crippen molar-refractivity contribution in [1.29, 1.82) is 0 Å². The van der Waals surface area contributed by atoms with Gasteiger partial charge >= 0.3 is 0 Å². The maximum atomic E-state index is 14.9. The van der Waals surface area contributed by atoms with E-state index in [1.165, 1.54) is 0 Å². The number of aliphatic hydroxyl groups is 5. The van der Waals surface area contributed by atoms with Gasteiger partial charge in [-0.2, -0.15) is 0 Å². The van der Waals surface area contributed by atoms with Crippen molar-refractivity contribution in [2.24, 2.45) is 74.9 Å². The Morgan fingerprint density at radius 3 is 2.03 bits per heavy atom. The summed E-state index contributed by atoms with van der Waals surface area (Å²) in [5.41, 5.74) is -1.11. The zero-order valence-corrected chi connectivity index (χ0v) is 40.9. The summed E-state index contributed by atoms with van der Waals surface area (Å²) in [5.74, 6) is -1.86. The van der Waals surface area contributed by atoms with Gasteiger partial charge < -0.3 is 44.5 Å². The highest BCUT2D eigenvalue weighted by Crippen LogP contribution is 2.74. The molecule has 9 fully saturated rings. The Labute approximate surface area is 390 Å². The van der Waals surface area contributed by atoms with E-state index >= 15 is 0 Å². The highest BCUT2D eigenvalue weighted by atomic mass is 16.7. The van der Waals surface area contributed by atoms with Gasteiger partial charge in [0.25, 0.3) is 0 Å². The summed E-state index contributed by atoms with van der Waals surface area (Å²) < 4.78 is 26.6. The molecule has 1 unspecified atom stereocenters. The van der Waals surface area contributed by atoms with Gasteiger partial charge in [0.15, 0.2) is 11.6 Å². The van der Waals surface area contributed by atoms with Gasteiger partial charge in [-0.15, -0.1) is 0 Å². The van der Waals surface area contributed by atoms with Crippen LogP contribution in [0.1, 0.15) is 149 Å². The monoisotopic (exact) mass is 913 g/mol. The number of Topliss-reactive ketones (excluding diaryl/α,β-unsaturated/α-hetero) is 1. The van der Waals surface area contributed by atoms with Crippen LogP contribution in [0.4, 0.5) is 0 Å². The van der Waals surface area contributed by atoms with E-state index < -0.39 is 63.4 Å². The number of hydrogen-bond acceptors (Lipinski definition) is 12. The molecule has 2 spiro atoms. The summed E-state index contributed by atoms with van der Waals surface area (Å²) in [5, 5.41) is 61.5. The van der Waals surface area contributed by atoms with E-state index in [9.17, 15) is 30.3 Å². The van der Waals surface area contributed by atoms with Crippen molar-refractivity contribution in [1.82, 2.24) is 9.97 Å². The smallest absolute Gasteiger partial charge is 0.174 e. The summed E-state index contributed by atoms with van der Waals surface area (Å²) in [6.45, 7) is 19.1. The number of ketones is 1. The molecule has 1 aromatic heterocycles. The van der Waals surface area contributed by atoms with Crippen LogP contribution in [0.15, 0.2) is 11.6 Å². The average molecular weight is 913 g/mol. The molecule has 66 heavy (non-hydrogen) atoms. The Morgan fingerprint density at radius 2 is 1.38 bits per heavy atom. The maximum Gasteiger partial charge on any atom is 0.174 e. The van der Waals surface area contributed by atoms with E-state index in [0.29, 0.717) is 50.9 Å². The van der Waals surface area contributed by atoms with Crippen molar-refractivity contribution in [2.45, 2.75) is 211 Å².